The van der Waals surface area contributed by atoms with Crippen LogP contribution in [-0.4, -0.2) is 103 Å². The number of carboxylic acid groups (broad SMARTS) is 1. The van der Waals surface area contributed by atoms with Gasteiger partial charge >= 0.3 is 12.1 Å². The number of hydrogen-bond acceptors (Lipinski definition) is 13. The number of aliphatic hydroxyl groups is 2. The molecule has 2 aliphatic heterocycles. The molecule has 4 atom stereocenters. The fraction of sp³-hybridized carbons (Fsp3) is 0.424. The molecule has 0 radical (unpaired) electrons. The van der Waals surface area contributed by atoms with Gasteiger partial charge in [0.15, 0.2) is 29.3 Å². The van der Waals surface area contributed by atoms with Gasteiger partial charge in [-0.25, -0.2) is 9.78 Å². The Morgan fingerprint density at radius 2 is 1.65 bits per heavy atom. The van der Waals surface area contributed by atoms with Gasteiger partial charge in [-0.3, -0.25) is 4.57 Å². The first-order valence-corrected chi connectivity index (χ1v) is 17.7. The Hall–Kier alpha value is -4.85. The molecule has 0 saturated carbocycles. The van der Waals surface area contributed by atoms with Crippen LogP contribution in [-0.2, 0) is 16.1 Å². The maximum atomic E-state index is 11.1. The molecule has 15 nitrogen and oxygen atoms in total. The summed E-state index contributed by atoms with van der Waals surface area (Å²) < 4.78 is 39.5. The monoisotopic (exact) mass is 742 g/mol. The standard InChI is InChI=1S/C31H36N10O3S.C2HF3O2/c1-2-41-38-28(37-39-41)26-24(42)25(43)30(44-26)40-18-33-23-27(35-31(36-29(23)40)34-21-13-15-45-16-14-21)32-17-22(19-9-5-3-6-10-19)20-11-7-4-8-12-20;3-2(4,5)1(6)7/h3-12,18,21-22,24-26,30,42-43H,2,13-17H2,1H3,(H2,32,34,35,36);(H,6,7)/t24-,25+,26-,30+;/m0./s1. The number of aryl methyl sites for hydroxylation is 1. The smallest absolute Gasteiger partial charge is 0.475 e. The number of nitrogens with zero attached hydrogens (tertiary/aromatic N) is 8. The Bertz CT molecular complexity index is 1890. The molecule has 7 rings (SSSR count). The Labute approximate surface area is 299 Å². The number of fused-ring (bicyclic) bond motifs is 1. The Balaban J connectivity index is 0.000000604. The fourth-order valence-corrected chi connectivity index (χ4v) is 7.03. The number of anilines is 2. The Morgan fingerprint density at radius 1 is 1.02 bits per heavy atom. The van der Waals surface area contributed by atoms with Crippen LogP contribution in [0.2, 0.25) is 0 Å². The number of halogens is 3. The van der Waals surface area contributed by atoms with E-state index in [1.807, 2.05) is 55.1 Å². The summed E-state index contributed by atoms with van der Waals surface area (Å²) in [6, 6.07) is 21.0. The minimum Gasteiger partial charge on any atom is -0.475 e. The second-order valence-corrected chi connectivity index (χ2v) is 13.3. The van der Waals surface area contributed by atoms with Crippen LogP contribution in [0.1, 0.15) is 55.0 Å². The average Bonchev–Trinajstić information content (AvgIpc) is 3.87. The van der Waals surface area contributed by atoms with Crippen molar-refractivity contribution in [2.45, 2.75) is 69.0 Å². The molecule has 276 valence electrons. The number of nitrogens with one attached hydrogen (secondary N) is 2. The van der Waals surface area contributed by atoms with E-state index in [0.717, 1.165) is 24.3 Å². The van der Waals surface area contributed by atoms with E-state index in [9.17, 15) is 23.4 Å². The lowest BCUT2D eigenvalue weighted by atomic mass is 9.91. The van der Waals surface area contributed by atoms with E-state index < -0.39 is 36.7 Å². The van der Waals surface area contributed by atoms with Gasteiger partial charge in [-0.05, 0) is 47.6 Å². The third kappa shape index (κ3) is 8.43. The molecular weight excluding hydrogens is 705 g/mol. The van der Waals surface area contributed by atoms with Crippen molar-refractivity contribution in [3.05, 3.63) is 83.9 Å². The number of aliphatic hydroxyl groups excluding tert-OH is 2. The van der Waals surface area contributed by atoms with Gasteiger partial charge < -0.3 is 30.7 Å². The molecule has 3 aromatic heterocycles. The molecule has 52 heavy (non-hydrogen) atoms. The van der Waals surface area contributed by atoms with Gasteiger partial charge in [-0.2, -0.15) is 39.7 Å². The molecule has 2 saturated heterocycles. The SMILES string of the molecule is CCn1nnc([C@H]2O[C@@H](n3cnc4c(NCC(c5ccccc5)c5ccccc5)nc(NC5CCSCC5)nc43)[C@H](O)[C@@H]2O)n1.O=C(O)C(F)(F)F. The highest BCUT2D eigenvalue weighted by Crippen LogP contribution is 2.39. The third-order valence-electron chi connectivity index (χ3n) is 8.61. The van der Waals surface area contributed by atoms with Crippen LogP contribution in [0.3, 0.4) is 0 Å². The van der Waals surface area contributed by atoms with Crippen molar-refractivity contribution in [1.82, 2.24) is 39.7 Å². The van der Waals surface area contributed by atoms with Gasteiger partial charge in [0.05, 0.1) is 12.9 Å². The zero-order valence-corrected chi connectivity index (χ0v) is 28.7. The number of imidazole rings is 1. The van der Waals surface area contributed by atoms with Crippen LogP contribution in [0.25, 0.3) is 11.2 Å². The summed E-state index contributed by atoms with van der Waals surface area (Å²) in [6.07, 6.45) is -5.97. The Kier molecular flexibility index (Phi) is 11.5. The number of ether oxygens (including phenoxy) is 1. The minimum atomic E-state index is -5.08. The van der Waals surface area contributed by atoms with Gasteiger partial charge in [0.2, 0.25) is 11.8 Å². The quantitative estimate of drug-likeness (QED) is 0.138. The maximum Gasteiger partial charge on any atom is 0.490 e. The van der Waals surface area contributed by atoms with Crippen LogP contribution in [0, 0.1) is 0 Å². The van der Waals surface area contributed by atoms with Crippen molar-refractivity contribution < 1.29 is 38.0 Å². The van der Waals surface area contributed by atoms with Gasteiger partial charge in [-0.15, -0.1) is 10.2 Å². The van der Waals surface area contributed by atoms with Crippen molar-refractivity contribution in [3.63, 3.8) is 0 Å². The number of tetrazole rings is 1. The zero-order valence-electron chi connectivity index (χ0n) is 27.8. The second kappa shape index (κ2) is 16.2. The molecule has 19 heteroatoms. The molecule has 0 bridgehead atoms. The molecule has 5 heterocycles. The number of alkyl halides is 3. The van der Waals surface area contributed by atoms with Crippen LogP contribution in [0.15, 0.2) is 67.0 Å². The number of benzene rings is 2. The molecule has 0 spiro atoms. The van der Waals surface area contributed by atoms with Gasteiger partial charge in [-0.1, -0.05) is 60.7 Å². The Morgan fingerprint density at radius 3 is 2.23 bits per heavy atom. The van der Waals surface area contributed by atoms with E-state index in [2.05, 4.69) is 55.3 Å². The number of carboxylic acids is 1. The predicted molar refractivity (Wildman–Crippen MR) is 185 cm³/mol. The summed E-state index contributed by atoms with van der Waals surface area (Å²) in [5.41, 5.74) is 3.36. The first-order valence-electron chi connectivity index (χ1n) is 16.6. The normalized spacial score (nSPS) is 20.8. The zero-order chi connectivity index (χ0) is 36.8. The summed E-state index contributed by atoms with van der Waals surface area (Å²) in [6.45, 7) is 2.97. The van der Waals surface area contributed by atoms with Crippen LogP contribution < -0.4 is 10.6 Å². The number of carbonyl (C=O) groups is 1. The first-order chi connectivity index (χ1) is 25.0. The molecule has 5 N–H and O–H groups in total. The summed E-state index contributed by atoms with van der Waals surface area (Å²) in [5, 5.41) is 48.6. The van der Waals surface area contributed by atoms with E-state index in [4.69, 9.17) is 24.6 Å². The van der Waals surface area contributed by atoms with E-state index in [1.165, 1.54) is 15.9 Å². The number of aliphatic carboxylic acids is 1. The van der Waals surface area contributed by atoms with Gasteiger partial charge in [0, 0.05) is 18.5 Å². The topological polar surface area (TPSA) is 198 Å². The fourth-order valence-electron chi connectivity index (χ4n) is 5.92. The molecule has 5 aromatic rings. The van der Waals surface area contributed by atoms with E-state index >= 15 is 0 Å². The number of hydrogen-bond donors (Lipinski definition) is 5. The minimum absolute atomic E-state index is 0.0613. The number of thioether (sulfide) groups is 1. The number of aromatic nitrogens is 8. The van der Waals surface area contributed by atoms with Crippen LogP contribution >= 0.6 is 11.8 Å². The van der Waals surface area contributed by atoms with Crippen molar-refractivity contribution in [1.29, 1.82) is 0 Å². The molecule has 2 aromatic carbocycles. The highest BCUT2D eigenvalue weighted by Gasteiger charge is 2.47. The lowest BCUT2D eigenvalue weighted by Gasteiger charge is -2.23. The predicted octanol–water partition coefficient (Wildman–Crippen LogP) is 4.01. The van der Waals surface area contributed by atoms with E-state index in [1.54, 1.807) is 10.9 Å². The highest BCUT2D eigenvalue weighted by molar-refractivity contribution is 7.99. The average molecular weight is 743 g/mol. The molecule has 0 amide bonds. The van der Waals surface area contributed by atoms with Gasteiger partial charge in [0.1, 0.15) is 12.2 Å². The lowest BCUT2D eigenvalue weighted by molar-refractivity contribution is -0.192. The molecule has 0 aliphatic carbocycles. The van der Waals surface area contributed by atoms with Crippen molar-refractivity contribution in [3.8, 4) is 0 Å². The molecular formula is C33H37F3N10O5S. The maximum absolute atomic E-state index is 11.1. The molecule has 2 aliphatic rings. The van der Waals surface area contributed by atoms with Crippen molar-refractivity contribution >= 4 is 40.7 Å². The highest BCUT2D eigenvalue weighted by atomic mass is 32.2. The third-order valence-corrected chi connectivity index (χ3v) is 9.66. The van der Waals surface area contributed by atoms with Crippen LogP contribution in [0.5, 0.6) is 0 Å². The van der Waals surface area contributed by atoms with Gasteiger partial charge in [0.25, 0.3) is 0 Å². The van der Waals surface area contributed by atoms with E-state index in [-0.39, 0.29) is 17.8 Å². The van der Waals surface area contributed by atoms with Crippen LogP contribution in [0.4, 0.5) is 24.9 Å². The van der Waals surface area contributed by atoms with E-state index in [0.29, 0.717) is 36.0 Å². The lowest BCUT2D eigenvalue weighted by Crippen LogP contribution is -2.29. The summed E-state index contributed by atoms with van der Waals surface area (Å²) in [7, 11) is 0. The summed E-state index contributed by atoms with van der Waals surface area (Å²) in [4.78, 5) is 24.7. The molecule has 0 unspecified atom stereocenters. The number of rotatable bonds is 10. The van der Waals surface area contributed by atoms with Crippen molar-refractivity contribution in [2.75, 3.05) is 28.7 Å². The second-order valence-electron chi connectivity index (χ2n) is 12.1. The summed E-state index contributed by atoms with van der Waals surface area (Å²) in [5.74, 6) is 0.710. The largest absolute Gasteiger partial charge is 0.490 e. The molecule has 2 fully saturated rings. The first kappa shape index (κ1) is 36.9. The van der Waals surface area contributed by atoms with Crippen molar-refractivity contribution in [2.24, 2.45) is 0 Å². The summed E-state index contributed by atoms with van der Waals surface area (Å²) >= 11 is 1.95.